The van der Waals surface area contributed by atoms with E-state index in [-0.39, 0.29) is 0 Å². The molecular formula is C30H19Br. The van der Waals surface area contributed by atoms with E-state index < -0.39 is 0 Å². The maximum atomic E-state index is 3.88. The molecule has 0 N–H and O–H groups in total. The minimum atomic E-state index is 1.16. The van der Waals surface area contributed by atoms with Gasteiger partial charge in [-0.15, -0.1) is 0 Å². The highest BCUT2D eigenvalue weighted by molar-refractivity contribution is 9.10. The number of hydrogen-bond donors (Lipinski definition) is 0. The van der Waals surface area contributed by atoms with E-state index in [9.17, 15) is 0 Å². The number of halogens is 1. The third-order valence-electron chi connectivity index (χ3n) is 6.12. The number of hydrogen-bond acceptors (Lipinski definition) is 0. The van der Waals surface area contributed by atoms with E-state index in [2.05, 4.69) is 131 Å². The first-order valence-corrected chi connectivity index (χ1v) is 11.3. The molecule has 0 aliphatic heterocycles. The quantitative estimate of drug-likeness (QED) is 0.226. The van der Waals surface area contributed by atoms with Gasteiger partial charge in [0.05, 0.1) is 0 Å². The van der Waals surface area contributed by atoms with Crippen LogP contribution in [0.25, 0.3) is 54.6 Å². The zero-order valence-corrected chi connectivity index (χ0v) is 18.4. The molecule has 6 aromatic carbocycles. The average molecular weight is 459 g/mol. The van der Waals surface area contributed by atoms with Crippen molar-refractivity contribution in [3.63, 3.8) is 0 Å². The summed E-state index contributed by atoms with van der Waals surface area (Å²) in [4.78, 5) is 0. The number of rotatable bonds is 2. The highest BCUT2D eigenvalue weighted by Gasteiger charge is 2.15. The molecular weight excluding hydrogens is 440 g/mol. The van der Waals surface area contributed by atoms with Crippen LogP contribution in [0.5, 0.6) is 0 Å². The van der Waals surface area contributed by atoms with E-state index in [1.54, 1.807) is 0 Å². The molecule has 31 heavy (non-hydrogen) atoms. The lowest BCUT2D eigenvalue weighted by atomic mass is 9.88. The van der Waals surface area contributed by atoms with Crippen LogP contribution in [0.15, 0.2) is 120 Å². The zero-order chi connectivity index (χ0) is 20.8. The molecule has 0 aliphatic carbocycles. The minimum Gasteiger partial charge on any atom is -0.0622 e. The second-order valence-corrected chi connectivity index (χ2v) is 8.68. The van der Waals surface area contributed by atoms with Gasteiger partial charge in [0, 0.05) is 4.47 Å². The molecule has 0 aromatic heterocycles. The Balaban J connectivity index is 1.75. The van der Waals surface area contributed by atoms with Crippen LogP contribution in [0, 0.1) is 0 Å². The first-order valence-electron chi connectivity index (χ1n) is 10.5. The fourth-order valence-electron chi connectivity index (χ4n) is 4.67. The fraction of sp³-hybridized carbons (Fsp3) is 0. The summed E-state index contributed by atoms with van der Waals surface area (Å²) in [5.41, 5.74) is 5.05. The van der Waals surface area contributed by atoms with Crippen molar-refractivity contribution in [2.45, 2.75) is 0 Å². The van der Waals surface area contributed by atoms with Crippen LogP contribution in [0.4, 0.5) is 0 Å². The Bertz CT molecular complexity index is 1520. The van der Waals surface area contributed by atoms with Crippen molar-refractivity contribution in [1.29, 1.82) is 0 Å². The first kappa shape index (κ1) is 18.4. The Labute approximate surface area is 189 Å². The van der Waals surface area contributed by atoms with Gasteiger partial charge in [0.1, 0.15) is 0 Å². The summed E-state index contributed by atoms with van der Waals surface area (Å²) < 4.78 is 1.16. The second-order valence-electron chi connectivity index (χ2n) is 7.89. The van der Waals surface area contributed by atoms with Gasteiger partial charge >= 0.3 is 0 Å². The molecule has 0 aliphatic rings. The highest BCUT2D eigenvalue weighted by atomic mass is 79.9. The number of benzene rings is 6. The molecule has 0 saturated carbocycles. The van der Waals surface area contributed by atoms with Crippen LogP contribution in [0.2, 0.25) is 0 Å². The van der Waals surface area contributed by atoms with E-state index >= 15 is 0 Å². The maximum absolute atomic E-state index is 3.88. The molecule has 0 saturated heterocycles. The van der Waals surface area contributed by atoms with Gasteiger partial charge in [-0.1, -0.05) is 109 Å². The van der Waals surface area contributed by atoms with Crippen molar-refractivity contribution in [3.8, 4) is 22.3 Å². The van der Waals surface area contributed by atoms with Crippen molar-refractivity contribution in [2.24, 2.45) is 0 Å². The van der Waals surface area contributed by atoms with Crippen molar-refractivity contribution >= 4 is 48.2 Å². The summed E-state index contributed by atoms with van der Waals surface area (Å²) in [6.45, 7) is 0. The van der Waals surface area contributed by atoms with Gasteiger partial charge in [0.25, 0.3) is 0 Å². The lowest BCUT2D eigenvalue weighted by molar-refractivity contribution is 1.64. The molecule has 0 heterocycles. The first-order chi connectivity index (χ1) is 15.3. The maximum Gasteiger partial charge on any atom is 0.0332 e. The van der Waals surface area contributed by atoms with Crippen LogP contribution in [-0.2, 0) is 0 Å². The van der Waals surface area contributed by atoms with Crippen LogP contribution >= 0.6 is 15.9 Å². The van der Waals surface area contributed by atoms with E-state index in [0.29, 0.717) is 0 Å². The Morgan fingerprint density at radius 1 is 0.419 bits per heavy atom. The Kier molecular flexibility index (Phi) is 4.36. The van der Waals surface area contributed by atoms with Gasteiger partial charge < -0.3 is 0 Å². The van der Waals surface area contributed by atoms with E-state index in [1.807, 2.05) is 0 Å². The van der Waals surface area contributed by atoms with Crippen molar-refractivity contribution < 1.29 is 0 Å². The molecule has 6 aromatic rings. The lowest BCUT2D eigenvalue weighted by Gasteiger charge is -2.16. The SMILES string of the molecule is Brc1c2ccccc2c(-c2cccc3ccc(-c4ccccc4)cc23)c2ccccc12. The molecule has 6 rings (SSSR count). The van der Waals surface area contributed by atoms with E-state index in [0.717, 1.165) is 4.47 Å². The summed E-state index contributed by atoms with van der Waals surface area (Å²) in [6.07, 6.45) is 0. The largest absolute Gasteiger partial charge is 0.0622 e. The summed E-state index contributed by atoms with van der Waals surface area (Å²) in [6, 6.07) is 41.4. The predicted octanol–water partition coefficient (Wildman–Crippen LogP) is 9.24. The minimum absolute atomic E-state index is 1.16. The average Bonchev–Trinajstić information content (AvgIpc) is 2.85. The highest BCUT2D eigenvalue weighted by Crippen LogP contribution is 2.43. The lowest BCUT2D eigenvalue weighted by Crippen LogP contribution is -1.89. The fourth-order valence-corrected chi connectivity index (χ4v) is 5.36. The molecule has 0 spiro atoms. The standard InChI is InChI=1S/C30H19Br/c31-30-26-14-6-4-12-23(26)29(24-13-5-7-15-27(24)30)25-16-8-11-21-17-18-22(19-28(21)25)20-9-2-1-3-10-20/h1-19H. The molecule has 0 atom stereocenters. The Morgan fingerprint density at radius 3 is 1.71 bits per heavy atom. The molecule has 0 radical (unpaired) electrons. The van der Waals surface area contributed by atoms with Gasteiger partial charge in [-0.2, -0.15) is 0 Å². The predicted molar refractivity (Wildman–Crippen MR) is 138 cm³/mol. The van der Waals surface area contributed by atoms with Gasteiger partial charge in [-0.25, -0.2) is 0 Å². The molecule has 146 valence electrons. The van der Waals surface area contributed by atoms with Gasteiger partial charge in [-0.3, -0.25) is 0 Å². The van der Waals surface area contributed by atoms with Crippen LogP contribution in [0.3, 0.4) is 0 Å². The Hall–Kier alpha value is -3.42. The van der Waals surface area contributed by atoms with Gasteiger partial charge in [0.2, 0.25) is 0 Å². The molecule has 0 bridgehead atoms. The molecule has 0 nitrogen and oxygen atoms in total. The van der Waals surface area contributed by atoms with Gasteiger partial charge in [-0.05, 0) is 76.6 Å². The monoisotopic (exact) mass is 458 g/mol. The molecule has 0 unspecified atom stereocenters. The third kappa shape index (κ3) is 2.97. The summed E-state index contributed by atoms with van der Waals surface area (Å²) in [5.74, 6) is 0. The zero-order valence-electron chi connectivity index (χ0n) is 16.8. The summed E-state index contributed by atoms with van der Waals surface area (Å²) >= 11 is 3.88. The topological polar surface area (TPSA) is 0 Å². The number of fused-ring (bicyclic) bond motifs is 3. The second kappa shape index (κ2) is 7.37. The molecule has 1 heteroatoms. The summed E-state index contributed by atoms with van der Waals surface area (Å²) in [7, 11) is 0. The van der Waals surface area contributed by atoms with Crippen molar-refractivity contribution in [2.75, 3.05) is 0 Å². The third-order valence-corrected chi connectivity index (χ3v) is 6.98. The van der Waals surface area contributed by atoms with Crippen LogP contribution < -0.4 is 0 Å². The molecule has 0 amide bonds. The smallest absolute Gasteiger partial charge is 0.0332 e. The summed E-state index contributed by atoms with van der Waals surface area (Å²) in [5, 5.41) is 7.56. The van der Waals surface area contributed by atoms with Crippen LogP contribution in [0.1, 0.15) is 0 Å². The molecule has 0 fully saturated rings. The Morgan fingerprint density at radius 2 is 1.03 bits per heavy atom. The van der Waals surface area contributed by atoms with Gasteiger partial charge in [0.15, 0.2) is 0 Å². The van der Waals surface area contributed by atoms with E-state index in [4.69, 9.17) is 0 Å². The normalized spacial score (nSPS) is 11.4. The van der Waals surface area contributed by atoms with Crippen molar-refractivity contribution in [1.82, 2.24) is 0 Å². The van der Waals surface area contributed by atoms with Crippen LogP contribution in [-0.4, -0.2) is 0 Å². The van der Waals surface area contributed by atoms with E-state index in [1.165, 1.54) is 54.6 Å². The van der Waals surface area contributed by atoms with Crippen molar-refractivity contribution in [3.05, 3.63) is 120 Å².